The number of carbonyl (C=O) groups is 1. The largest absolute Gasteiger partial charge is 0.497 e. The predicted molar refractivity (Wildman–Crippen MR) is 80.9 cm³/mol. The van der Waals surface area contributed by atoms with Crippen LogP contribution in [-0.4, -0.2) is 12.9 Å². The van der Waals surface area contributed by atoms with Gasteiger partial charge in [0.05, 0.1) is 7.11 Å². The van der Waals surface area contributed by atoms with Gasteiger partial charge in [0, 0.05) is 6.42 Å². The summed E-state index contributed by atoms with van der Waals surface area (Å²) in [7, 11) is 1.67. The molecule has 0 aliphatic heterocycles. The molecule has 19 heavy (non-hydrogen) atoms. The minimum atomic E-state index is 0.236. The van der Waals surface area contributed by atoms with Gasteiger partial charge in [-0.2, -0.15) is 0 Å². The molecule has 2 aromatic rings. The van der Waals surface area contributed by atoms with Crippen LogP contribution in [-0.2, 0) is 11.2 Å². The van der Waals surface area contributed by atoms with Gasteiger partial charge < -0.3 is 9.53 Å². The number of methoxy groups -OCH3 is 1. The number of Topliss-reactive ketones (excluding diaryl/α,β-unsaturated/α-hetero) is 1. The topological polar surface area (TPSA) is 26.3 Å². The van der Waals surface area contributed by atoms with Crippen molar-refractivity contribution in [3.8, 4) is 5.75 Å². The molecule has 0 spiro atoms. The standard InChI is InChI=1S/C15H16O2.C2H6/c1-11(16)3-4-12-5-6-14-10-15(17-2)8-7-13(14)9-12;1-2/h5-10H,3-4H2,1-2H3;1-2H3. The molecule has 0 saturated heterocycles. The lowest BCUT2D eigenvalue weighted by molar-refractivity contribution is -0.116. The van der Waals surface area contributed by atoms with Crippen LogP contribution in [0, 0.1) is 0 Å². The van der Waals surface area contributed by atoms with Crippen LogP contribution in [0.5, 0.6) is 5.75 Å². The van der Waals surface area contributed by atoms with Crippen molar-refractivity contribution in [2.24, 2.45) is 0 Å². The Hall–Kier alpha value is -1.83. The quantitative estimate of drug-likeness (QED) is 0.812. The van der Waals surface area contributed by atoms with Gasteiger partial charge >= 0.3 is 0 Å². The summed E-state index contributed by atoms with van der Waals surface area (Å²) in [5.41, 5.74) is 1.21. The Kier molecular flexibility index (Phi) is 6.07. The van der Waals surface area contributed by atoms with E-state index in [0.29, 0.717) is 6.42 Å². The highest BCUT2D eigenvalue weighted by Crippen LogP contribution is 2.22. The first-order valence-electron chi connectivity index (χ1n) is 6.75. The van der Waals surface area contributed by atoms with Gasteiger partial charge in [-0.1, -0.05) is 38.1 Å². The second-order valence-corrected chi connectivity index (χ2v) is 4.25. The average molecular weight is 258 g/mol. The third kappa shape index (κ3) is 4.40. The van der Waals surface area contributed by atoms with Crippen LogP contribution in [0.2, 0.25) is 0 Å². The molecule has 0 saturated carbocycles. The van der Waals surface area contributed by atoms with Crippen LogP contribution < -0.4 is 4.74 Å². The molecule has 0 amide bonds. The van der Waals surface area contributed by atoms with E-state index in [4.69, 9.17) is 4.74 Å². The molecule has 2 rings (SSSR count). The Bertz CT molecular complexity index is 544. The molecular weight excluding hydrogens is 236 g/mol. The second kappa shape index (κ2) is 7.57. The molecule has 0 radical (unpaired) electrons. The van der Waals surface area contributed by atoms with E-state index in [0.717, 1.165) is 17.6 Å². The molecule has 0 aliphatic rings. The lowest BCUT2D eigenvalue weighted by Gasteiger charge is -2.05. The van der Waals surface area contributed by atoms with E-state index in [2.05, 4.69) is 18.2 Å². The first-order chi connectivity index (χ1) is 9.19. The third-order valence-electron chi connectivity index (χ3n) is 2.88. The summed E-state index contributed by atoms with van der Waals surface area (Å²) >= 11 is 0. The molecule has 102 valence electrons. The third-order valence-corrected chi connectivity index (χ3v) is 2.88. The number of benzene rings is 2. The molecule has 2 aromatic carbocycles. The van der Waals surface area contributed by atoms with E-state index < -0.39 is 0 Å². The zero-order valence-corrected chi connectivity index (χ0v) is 12.2. The van der Waals surface area contributed by atoms with E-state index in [1.165, 1.54) is 10.9 Å². The Morgan fingerprint density at radius 1 is 1.05 bits per heavy atom. The van der Waals surface area contributed by atoms with E-state index in [9.17, 15) is 4.79 Å². The minimum Gasteiger partial charge on any atom is -0.497 e. The number of fused-ring (bicyclic) bond motifs is 1. The summed E-state index contributed by atoms with van der Waals surface area (Å²) in [6, 6.07) is 12.3. The normalized spacial score (nSPS) is 9.68. The van der Waals surface area contributed by atoms with Crippen LogP contribution in [0.1, 0.15) is 32.8 Å². The maximum Gasteiger partial charge on any atom is 0.130 e. The highest BCUT2D eigenvalue weighted by molar-refractivity contribution is 5.84. The number of rotatable bonds is 4. The zero-order chi connectivity index (χ0) is 14.3. The number of hydrogen-bond acceptors (Lipinski definition) is 2. The van der Waals surface area contributed by atoms with E-state index in [-0.39, 0.29) is 5.78 Å². The molecule has 0 heterocycles. The number of aryl methyl sites for hydroxylation is 1. The van der Waals surface area contributed by atoms with Gasteiger partial charge in [0.1, 0.15) is 11.5 Å². The Labute approximate surface area is 115 Å². The highest BCUT2D eigenvalue weighted by atomic mass is 16.5. The average Bonchev–Trinajstić information content (AvgIpc) is 2.46. The van der Waals surface area contributed by atoms with Crippen molar-refractivity contribution in [1.82, 2.24) is 0 Å². The molecule has 0 fully saturated rings. The lowest BCUT2D eigenvalue weighted by atomic mass is 10.0. The van der Waals surface area contributed by atoms with Crippen molar-refractivity contribution in [3.63, 3.8) is 0 Å². The lowest BCUT2D eigenvalue weighted by Crippen LogP contribution is -1.93. The number of carbonyl (C=O) groups excluding carboxylic acids is 1. The Morgan fingerprint density at radius 2 is 1.68 bits per heavy atom. The van der Waals surface area contributed by atoms with Crippen LogP contribution in [0.4, 0.5) is 0 Å². The fourth-order valence-corrected chi connectivity index (χ4v) is 1.88. The second-order valence-electron chi connectivity index (χ2n) is 4.25. The zero-order valence-electron chi connectivity index (χ0n) is 12.2. The summed E-state index contributed by atoms with van der Waals surface area (Å²) in [5, 5.41) is 2.35. The highest BCUT2D eigenvalue weighted by Gasteiger charge is 2.00. The van der Waals surface area contributed by atoms with E-state index in [1.807, 2.05) is 32.0 Å². The van der Waals surface area contributed by atoms with Gasteiger partial charge in [-0.05, 0) is 41.8 Å². The minimum absolute atomic E-state index is 0.236. The summed E-state index contributed by atoms with van der Waals surface area (Å²) in [4.78, 5) is 10.9. The monoisotopic (exact) mass is 258 g/mol. The molecule has 0 aliphatic carbocycles. The summed E-state index contributed by atoms with van der Waals surface area (Å²) in [6.45, 7) is 5.63. The van der Waals surface area contributed by atoms with Crippen molar-refractivity contribution in [1.29, 1.82) is 0 Å². The van der Waals surface area contributed by atoms with Crippen LogP contribution in [0.25, 0.3) is 10.8 Å². The molecule has 0 aromatic heterocycles. The van der Waals surface area contributed by atoms with Gasteiger partial charge in [0.25, 0.3) is 0 Å². The van der Waals surface area contributed by atoms with Gasteiger partial charge in [-0.3, -0.25) is 0 Å². The number of hydrogen-bond donors (Lipinski definition) is 0. The van der Waals surface area contributed by atoms with Crippen LogP contribution in [0.3, 0.4) is 0 Å². The van der Waals surface area contributed by atoms with Gasteiger partial charge in [0.2, 0.25) is 0 Å². The summed E-state index contributed by atoms with van der Waals surface area (Å²) in [5.74, 6) is 1.11. The van der Waals surface area contributed by atoms with Gasteiger partial charge in [-0.15, -0.1) is 0 Å². The molecular formula is C17H22O2. The van der Waals surface area contributed by atoms with Crippen LogP contribution >= 0.6 is 0 Å². The van der Waals surface area contributed by atoms with E-state index >= 15 is 0 Å². The molecule has 0 N–H and O–H groups in total. The SMILES string of the molecule is CC.COc1ccc2cc(CCC(C)=O)ccc2c1. The van der Waals surface area contributed by atoms with Crippen molar-refractivity contribution < 1.29 is 9.53 Å². The van der Waals surface area contributed by atoms with Crippen molar-refractivity contribution in [2.45, 2.75) is 33.6 Å². The Balaban J connectivity index is 0.000000861. The maximum atomic E-state index is 10.9. The number of ketones is 1. The maximum absolute atomic E-state index is 10.9. The fourth-order valence-electron chi connectivity index (χ4n) is 1.88. The van der Waals surface area contributed by atoms with Crippen LogP contribution in [0.15, 0.2) is 36.4 Å². The van der Waals surface area contributed by atoms with Gasteiger partial charge in [-0.25, -0.2) is 0 Å². The van der Waals surface area contributed by atoms with E-state index in [1.54, 1.807) is 14.0 Å². The summed E-state index contributed by atoms with van der Waals surface area (Å²) < 4.78 is 5.19. The number of ether oxygens (including phenoxy) is 1. The van der Waals surface area contributed by atoms with Crippen molar-refractivity contribution >= 4 is 16.6 Å². The molecule has 0 atom stereocenters. The van der Waals surface area contributed by atoms with Crippen molar-refractivity contribution in [2.75, 3.05) is 7.11 Å². The molecule has 0 unspecified atom stereocenters. The predicted octanol–water partition coefficient (Wildman–Crippen LogP) is 4.40. The Morgan fingerprint density at radius 3 is 2.32 bits per heavy atom. The smallest absolute Gasteiger partial charge is 0.130 e. The molecule has 0 bridgehead atoms. The first-order valence-corrected chi connectivity index (χ1v) is 6.75. The first kappa shape index (κ1) is 15.2. The molecule has 2 nitrogen and oxygen atoms in total. The summed E-state index contributed by atoms with van der Waals surface area (Å²) in [6.07, 6.45) is 1.43. The van der Waals surface area contributed by atoms with Crippen molar-refractivity contribution in [3.05, 3.63) is 42.0 Å². The van der Waals surface area contributed by atoms with Gasteiger partial charge in [0.15, 0.2) is 0 Å². The molecule has 2 heteroatoms. The fraction of sp³-hybridized carbons (Fsp3) is 0.353.